The largest absolute Gasteiger partial charge is 0.396 e. The van der Waals surface area contributed by atoms with Crippen molar-refractivity contribution in [3.8, 4) is 0 Å². The van der Waals surface area contributed by atoms with Gasteiger partial charge in [0.05, 0.1) is 5.75 Å². The normalized spacial score (nSPS) is 21.1. The number of rotatable bonds is 4. The maximum Gasteiger partial charge on any atom is 0.218 e. The van der Waals surface area contributed by atoms with Crippen LogP contribution in [0.3, 0.4) is 0 Å². The first kappa shape index (κ1) is 15.3. The molecule has 0 aliphatic carbocycles. The molecule has 0 radical (unpaired) electrons. The molecule has 0 saturated carbocycles. The zero-order valence-corrected chi connectivity index (χ0v) is 11.7. The van der Waals surface area contributed by atoms with Crippen molar-refractivity contribution in [3.63, 3.8) is 0 Å². The van der Waals surface area contributed by atoms with Gasteiger partial charge < -0.3 is 5.11 Å². The van der Waals surface area contributed by atoms with Gasteiger partial charge in [0, 0.05) is 25.3 Å². The summed E-state index contributed by atoms with van der Waals surface area (Å²) in [5.41, 5.74) is -0.432. The molecular weight excluding hydrogens is 288 g/mol. The van der Waals surface area contributed by atoms with Crippen LogP contribution in [0.2, 0.25) is 0 Å². The van der Waals surface area contributed by atoms with E-state index in [-0.39, 0.29) is 19.1 Å². The summed E-state index contributed by atoms with van der Waals surface area (Å²) in [6.45, 7) is 0.448. The van der Waals surface area contributed by atoms with Crippen LogP contribution in [0.5, 0.6) is 0 Å². The Bertz CT molecular complexity index is 557. The van der Waals surface area contributed by atoms with Gasteiger partial charge >= 0.3 is 0 Å². The van der Waals surface area contributed by atoms with Crippen molar-refractivity contribution in [2.45, 2.75) is 18.6 Å². The van der Waals surface area contributed by atoms with Crippen LogP contribution < -0.4 is 0 Å². The lowest BCUT2D eigenvalue weighted by atomic mass is 10.0. The van der Waals surface area contributed by atoms with Crippen LogP contribution in [0.1, 0.15) is 18.4 Å². The highest BCUT2D eigenvalue weighted by Crippen LogP contribution is 2.23. The number of nitrogens with zero attached hydrogens (tertiary/aromatic N) is 1. The first-order valence-corrected chi connectivity index (χ1v) is 8.06. The Balaban J connectivity index is 2.19. The van der Waals surface area contributed by atoms with E-state index in [1.54, 1.807) is 0 Å². The molecule has 1 aromatic rings. The Kier molecular flexibility index (Phi) is 4.72. The van der Waals surface area contributed by atoms with Crippen LogP contribution >= 0.6 is 0 Å². The summed E-state index contributed by atoms with van der Waals surface area (Å²) in [4.78, 5) is 0. The molecule has 0 bridgehead atoms. The zero-order valence-electron chi connectivity index (χ0n) is 10.9. The maximum atomic E-state index is 13.5. The molecule has 1 heterocycles. The fourth-order valence-electron chi connectivity index (χ4n) is 2.37. The first-order valence-electron chi connectivity index (χ1n) is 6.45. The van der Waals surface area contributed by atoms with Gasteiger partial charge in [-0.3, -0.25) is 0 Å². The average molecular weight is 305 g/mol. The van der Waals surface area contributed by atoms with Crippen molar-refractivity contribution < 1.29 is 22.3 Å². The third-order valence-electron chi connectivity index (χ3n) is 3.52. The number of hydrogen-bond donors (Lipinski definition) is 1. The molecule has 1 aliphatic rings. The highest BCUT2D eigenvalue weighted by atomic mass is 32.2. The zero-order chi connectivity index (χ0) is 14.8. The third-order valence-corrected chi connectivity index (χ3v) is 5.29. The number of hydrogen-bond acceptors (Lipinski definition) is 3. The van der Waals surface area contributed by atoms with Crippen LogP contribution in [0.4, 0.5) is 8.78 Å². The lowest BCUT2D eigenvalue weighted by molar-refractivity contribution is 0.165. The summed E-state index contributed by atoms with van der Waals surface area (Å²) in [5.74, 6) is -2.51. The predicted molar refractivity (Wildman–Crippen MR) is 70.4 cm³/mol. The van der Waals surface area contributed by atoms with Crippen LogP contribution in [0, 0.1) is 17.6 Å². The molecule has 4 nitrogen and oxygen atoms in total. The van der Waals surface area contributed by atoms with E-state index in [1.165, 1.54) is 10.4 Å². The van der Waals surface area contributed by atoms with Gasteiger partial charge in [0.2, 0.25) is 10.0 Å². The second kappa shape index (κ2) is 6.15. The van der Waals surface area contributed by atoms with Gasteiger partial charge in [-0.2, -0.15) is 0 Å². The molecule has 2 rings (SSSR count). The third kappa shape index (κ3) is 3.34. The molecule has 1 aromatic carbocycles. The van der Waals surface area contributed by atoms with E-state index in [1.807, 2.05) is 0 Å². The Hall–Kier alpha value is -1.05. The smallest absolute Gasteiger partial charge is 0.218 e. The maximum absolute atomic E-state index is 13.5. The summed E-state index contributed by atoms with van der Waals surface area (Å²) >= 11 is 0. The molecule has 1 atom stereocenters. The summed E-state index contributed by atoms with van der Waals surface area (Å²) in [6.07, 6.45) is 1.40. The van der Waals surface area contributed by atoms with Crippen LogP contribution in [0.25, 0.3) is 0 Å². The van der Waals surface area contributed by atoms with E-state index in [2.05, 4.69) is 0 Å². The van der Waals surface area contributed by atoms with Gasteiger partial charge in [0.15, 0.2) is 0 Å². The molecule has 1 unspecified atom stereocenters. The summed E-state index contributed by atoms with van der Waals surface area (Å²) in [6, 6.07) is 3.28. The van der Waals surface area contributed by atoms with E-state index >= 15 is 0 Å². The Morgan fingerprint density at radius 2 is 1.95 bits per heavy atom. The fraction of sp³-hybridized carbons (Fsp3) is 0.538. The Labute approximate surface area is 117 Å². The minimum atomic E-state index is -3.78. The van der Waals surface area contributed by atoms with Crippen molar-refractivity contribution in [1.82, 2.24) is 4.31 Å². The molecule has 0 amide bonds. The van der Waals surface area contributed by atoms with Gasteiger partial charge in [0.25, 0.3) is 0 Å². The van der Waals surface area contributed by atoms with Crippen molar-refractivity contribution in [2.24, 2.45) is 5.92 Å². The number of sulfonamides is 1. The molecule has 7 heteroatoms. The van der Waals surface area contributed by atoms with Gasteiger partial charge in [0.1, 0.15) is 11.6 Å². The molecule has 1 fully saturated rings. The molecule has 1 N–H and O–H groups in total. The highest BCUT2D eigenvalue weighted by Gasteiger charge is 2.30. The van der Waals surface area contributed by atoms with Gasteiger partial charge in [-0.1, -0.05) is 6.07 Å². The Morgan fingerprint density at radius 1 is 1.30 bits per heavy atom. The molecule has 0 aromatic heterocycles. The number of aliphatic hydroxyl groups is 1. The molecule has 112 valence electrons. The summed E-state index contributed by atoms with van der Waals surface area (Å²) in [7, 11) is -3.78. The summed E-state index contributed by atoms with van der Waals surface area (Å²) < 4.78 is 52.7. The van der Waals surface area contributed by atoms with Crippen molar-refractivity contribution in [2.75, 3.05) is 19.7 Å². The predicted octanol–water partition coefficient (Wildman–Crippen LogP) is 1.50. The standard InChI is InChI=1S/C13H17F2NO3S/c14-12-4-1-5-13(15)11(12)9-20(18,19)16-6-2-3-10(7-16)8-17/h1,4-5,10,17H,2-3,6-9H2. The average Bonchev–Trinajstić information content (AvgIpc) is 2.43. The number of aliphatic hydroxyl groups excluding tert-OH is 1. The second-order valence-electron chi connectivity index (χ2n) is 5.01. The van der Waals surface area contributed by atoms with Crippen LogP contribution in [0.15, 0.2) is 18.2 Å². The highest BCUT2D eigenvalue weighted by molar-refractivity contribution is 7.88. The van der Waals surface area contributed by atoms with Crippen molar-refractivity contribution in [3.05, 3.63) is 35.4 Å². The molecule has 1 saturated heterocycles. The monoisotopic (exact) mass is 305 g/mol. The first-order chi connectivity index (χ1) is 9.44. The number of benzene rings is 1. The van der Waals surface area contributed by atoms with E-state index in [4.69, 9.17) is 5.11 Å². The number of halogens is 2. The topological polar surface area (TPSA) is 57.6 Å². The number of piperidine rings is 1. The van der Waals surface area contributed by atoms with Crippen LogP contribution in [-0.2, 0) is 15.8 Å². The van der Waals surface area contributed by atoms with Gasteiger partial charge in [-0.25, -0.2) is 21.5 Å². The SMILES string of the molecule is O=S(=O)(Cc1c(F)cccc1F)N1CCCC(CO)C1. The van der Waals surface area contributed by atoms with E-state index < -0.39 is 33.0 Å². The minimum Gasteiger partial charge on any atom is -0.396 e. The molecule has 1 aliphatic heterocycles. The second-order valence-corrected chi connectivity index (χ2v) is 6.97. The van der Waals surface area contributed by atoms with E-state index in [0.717, 1.165) is 18.6 Å². The lowest BCUT2D eigenvalue weighted by Gasteiger charge is -2.31. The summed E-state index contributed by atoms with van der Waals surface area (Å²) in [5, 5.41) is 9.11. The fourth-order valence-corrected chi connectivity index (χ4v) is 4.04. The molecule has 20 heavy (non-hydrogen) atoms. The van der Waals surface area contributed by atoms with E-state index in [0.29, 0.717) is 13.0 Å². The van der Waals surface area contributed by atoms with Crippen molar-refractivity contribution in [1.29, 1.82) is 0 Å². The minimum absolute atomic E-state index is 0.0833. The Morgan fingerprint density at radius 3 is 2.55 bits per heavy atom. The van der Waals surface area contributed by atoms with Gasteiger partial charge in [-0.15, -0.1) is 0 Å². The van der Waals surface area contributed by atoms with Crippen LogP contribution in [-0.4, -0.2) is 37.5 Å². The lowest BCUT2D eigenvalue weighted by Crippen LogP contribution is -2.41. The molecule has 0 spiro atoms. The van der Waals surface area contributed by atoms with E-state index in [9.17, 15) is 17.2 Å². The molecular formula is C13H17F2NO3S. The quantitative estimate of drug-likeness (QED) is 0.917. The van der Waals surface area contributed by atoms with Crippen molar-refractivity contribution >= 4 is 10.0 Å². The van der Waals surface area contributed by atoms with Gasteiger partial charge in [-0.05, 0) is 30.9 Å².